The lowest BCUT2D eigenvalue weighted by Crippen LogP contribution is -2.10. The Morgan fingerprint density at radius 1 is 0.315 bits per heavy atom. The molecular weight excluding hydrogens is 655 g/mol. The van der Waals surface area contributed by atoms with E-state index in [1.807, 2.05) is 0 Å². The molecular formula is C52H35NO. The fraction of sp³-hybridized carbons (Fsp3) is 0. The predicted octanol–water partition coefficient (Wildman–Crippen LogP) is 14.9. The van der Waals surface area contributed by atoms with E-state index in [1.54, 1.807) is 0 Å². The van der Waals surface area contributed by atoms with E-state index in [0.29, 0.717) is 0 Å². The second kappa shape index (κ2) is 13.4. The number of anilines is 3. The lowest BCUT2D eigenvalue weighted by atomic mass is 9.96. The van der Waals surface area contributed by atoms with E-state index in [9.17, 15) is 0 Å². The topological polar surface area (TPSA) is 16.4 Å². The maximum Gasteiger partial charge on any atom is 0.159 e. The van der Waals surface area contributed by atoms with E-state index in [0.717, 1.165) is 50.1 Å². The van der Waals surface area contributed by atoms with Crippen molar-refractivity contribution in [1.82, 2.24) is 0 Å². The fourth-order valence-electron chi connectivity index (χ4n) is 7.79. The molecule has 0 aliphatic rings. The number of benzene rings is 9. The smallest absolute Gasteiger partial charge is 0.159 e. The summed E-state index contributed by atoms with van der Waals surface area (Å²) in [7, 11) is 0. The average Bonchev–Trinajstić information content (AvgIpc) is 3.66. The summed E-state index contributed by atoms with van der Waals surface area (Å²) in [5.74, 6) is 0. The van der Waals surface area contributed by atoms with Gasteiger partial charge >= 0.3 is 0 Å². The highest BCUT2D eigenvalue weighted by Crippen LogP contribution is 2.46. The van der Waals surface area contributed by atoms with E-state index in [1.165, 1.54) is 44.2 Å². The molecule has 0 spiro atoms. The van der Waals surface area contributed by atoms with Crippen LogP contribution in [-0.2, 0) is 0 Å². The first-order chi connectivity index (χ1) is 26.8. The van der Waals surface area contributed by atoms with Gasteiger partial charge in [0.25, 0.3) is 0 Å². The Labute approximate surface area is 314 Å². The molecule has 1 heterocycles. The van der Waals surface area contributed by atoms with Gasteiger partial charge in [-0.15, -0.1) is 0 Å². The number of fused-ring (bicyclic) bond motifs is 5. The zero-order valence-electron chi connectivity index (χ0n) is 29.6. The van der Waals surface area contributed by atoms with Crippen LogP contribution in [0.3, 0.4) is 0 Å². The summed E-state index contributed by atoms with van der Waals surface area (Å²) in [6.07, 6.45) is 0. The Kier molecular flexibility index (Phi) is 7.85. The maximum absolute atomic E-state index is 7.09. The van der Waals surface area contributed by atoms with Gasteiger partial charge in [-0.05, 0) is 86.1 Å². The summed E-state index contributed by atoms with van der Waals surface area (Å²) in [5, 5.41) is 4.61. The average molecular weight is 690 g/mol. The third-order valence-corrected chi connectivity index (χ3v) is 10.5. The molecule has 0 atom stereocenters. The minimum atomic E-state index is 0.855. The second-order valence-corrected chi connectivity index (χ2v) is 13.7. The largest absolute Gasteiger partial charge is 0.453 e. The monoisotopic (exact) mass is 689 g/mol. The highest BCUT2D eigenvalue weighted by molar-refractivity contribution is 6.24. The van der Waals surface area contributed by atoms with Gasteiger partial charge in [0, 0.05) is 27.7 Å². The van der Waals surface area contributed by atoms with Crippen molar-refractivity contribution in [3.05, 3.63) is 212 Å². The molecule has 0 aliphatic carbocycles. The number of nitrogens with zero attached hydrogens (tertiary/aromatic N) is 1. The normalized spacial score (nSPS) is 11.3. The number of hydrogen-bond donors (Lipinski definition) is 0. The van der Waals surface area contributed by atoms with Gasteiger partial charge in [-0.1, -0.05) is 176 Å². The van der Waals surface area contributed by atoms with E-state index in [-0.39, 0.29) is 0 Å². The van der Waals surface area contributed by atoms with Crippen LogP contribution in [-0.4, -0.2) is 0 Å². The van der Waals surface area contributed by atoms with E-state index < -0.39 is 0 Å². The molecule has 0 saturated carbocycles. The Balaban J connectivity index is 1.14. The third kappa shape index (κ3) is 5.62. The molecule has 9 aromatic carbocycles. The van der Waals surface area contributed by atoms with E-state index in [4.69, 9.17) is 4.42 Å². The van der Waals surface area contributed by atoms with Gasteiger partial charge in [-0.25, -0.2) is 0 Å². The highest BCUT2D eigenvalue weighted by atomic mass is 16.3. The second-order valence-electron chi connectivity index (χ2n) is 13.7. The molecule has 0 aliphatic heterocycles. The first-order valence-electron chi connectivity index (χ1n) is 18.4. The molecule has 0 N–H and O–H groups in total. The minimum Gasteiger partial charge on any atom is -0.453 e. The zero-order chi connectivity index (χ0) is 35.8. The fourth-order valence-corrected chi connectivity index (χ4v) is 7.79. The molecule has 2 heteroatoms. The molecule has 0 unspecified atom stereocenters. The number of rotatable bonds is 7. The van der Waals surface area contributed by atoms with Crippen LogP contribution in [0, 0.1) is 0 Å². The number of hydrogen-bond acceptors (Lipinski definition) is 2. The summed E-state index contributed by atoms with van der Waals surface area (Å²) < 4.78 is 7.09. The van der Waals surface area contributed by atoms with Gasteiger partial charge < -0.3 is 9.32 Å². The minimum absolute atomic E-state index is 0.855. The standard InChI is InChI=1S/C52H35NO/c1-4-13-36(14-5-1)38-23-25-39(26-24-38)41-29-33-45(34-30-41)53(44-31-27-40(28-32-44)37-15-6-2-7-16-37)49-22-12-21-47-50-46-20-11-10-19-43(46)35-48(52(50)54-51(47)49)42-17-8-3-9-18-42/h1-35H. The SMILES string of the molecule is c1ccc(-c2ccc(-c3ccc(N(c4ccc(-c5ccccc5)cc4)c4cccc5c4oc4c(-c6ccccc6)cc6ccccc6c45)cc3)cc2)cc1. The summed E-state index contributed by atoms with van der Waals surface area (Å²) >= 11 is 0. The van der Waals surface area contributed by atoms with Crippen LogP contribution >= 0.6 is 0 Å². The molecule has 0 bridgehead atoms. The lowest BCUT2D eigenvalue weighted by Gasteiger charge is -2.26. The molecule has 0 amide bonds. The molecule has 254 valence electrons. The van der Waals surface area contributed by atoms with Gasteiger partial charge in [0.2, 0.25) is 0 Å². The van der Waals surface area contributed by atoms with Crippen molar-refractivity contribution < 1.29 is 4.42 Å². The van der Waals surface area contributed by atoms with E-state index in [2.05, 4.69) is 217 Å². The predicted molar refractivity (Wildman–Crippen MR) is 228 cm³/mol. The van der Waals surface area contributed by atoms with Gasteiger partial charge in [0.1, 0.15) is 5.58 Å². The summed E-state index contributed by atoms with van der Waals surface area (Å²) in [5.41, 5.74) is 14.2. The van der Waals surface area contributed by atoms with Gasteiger partial charge in [0.05, 0.1) is 5.69 Å². The van der Waals surface area contributed by atoms with Crippen LogP contribution < -0.4 is 4.90 Å². The van der Waals surface area contributed by atoms with Gasteiger partial charge in [-0.3, -0.25) is 0 Å². The van der Waals surface area contributed by atoms with Crippen molar-refractivity contribution in [3.63, 3.8) is 0 Å². The molecule has 10 aromatic rings. The van der Waals surface area contributed by atoms with Crippen LogP contribution in [0.25, 0.3) is 77.2 Å². The Bertz CT molecular complexity index is 2880. The Morgan fingerprint density at radius 2 is 0.741 bits per heavy atom. The molecule has 54 heavy (non-hydrogen) atoms. The zero-order valence-corrected chi connectivity index (χ0v) is 29.6. The number of furan rings is 1. The van der Waals surface area contributed by atoms with Crippen LogP contribution in [0.15, 0.2) is 217 Å². The Morgan fingerprint density at radius 3 is 1.28 bits per heavy atom. The summed E-state index contributed by atoms with van der Waals surface area (Å²) in [6, 6.07) is 75.6. The third-order valence-electron chi connectivity index (χ3n) is 10.5. The summed E-state index contributed by atoms with van der Waals surface area (Å²) in [6.45, 7) is 0. The first kappa shape index (κ1) is 31.6. The molecule has 2 nitrogen and oxygen atoms in total. The van der Waals surface area contributed by atoms with Gasteiger partial charge in [0.15, 0.2) is 5.58 Å². The van der Waals surface area contributed by atoms with Crippen molar-refractivity contribution in [2.45, 2.75) is 0 Å². The quantitative estimate of drug-likeness (QED) is 0.166. The lowest BCUT2D eigenvalue weighted by molar-refractivity contribution is 0.670. The van der Waals surface area contributed by atoms with Gasteiger partial charge in [-0.2, -0.15) is 0 Å². The molecule has 1 aromatic heterocycles. The molecule has 0 radical (unpaired) electrons. The van der Waals surface area contributed by atoms with Crippen LogP contribution in [0.1, 0.15) is 0 Å². The first-order valence-corrected chi connectivity index (χ1v) is 18.4. The van der Waals surface area contributed by atoms with Crippen LogP contribution in [0.5, 0.6) is 0 Å². The van der Waals surface area contributed by atoms with Crippen molar-refractivity contribution in [3.8, 4) is 44.5 Å². The number of para-hydroxylation sites is 1. The van der Waals surface area contributed by atoms with Crippen molar-refractivity contribution in [2.75, 3.05) is 4.90 Å². The molecule has 10 rings (SSSR count). The van der Waals surface area contributed by atoms with Crippen LogP contribution in [0.2, 0.25) is 0 Å². The maximum atomic E-state index is 7.09. The summed E-state index contributed by atoms with van der Waals surface area (Å²) in [4.78, 5) is 2.33. The van der Waals surface area contributed by atoms with Crippen LogP contribution in [0.4, 0.5) is 17.1 Å². The Hall–Kier alpha value is -7.16. The molecule has 0 fully saturated rings. The van der Waals surface area contributed by atoms with Crippen molar-refractivity contribution >= 4 is 49.8 Å². The van der Waals surface area contributed by atoms with E-state index >= 15 is 0 Å². The highest BCUT2D eigenvalue weighted by Gasteiger charge is 2.22. The van der Waals surface area contributed by atoms with Crippen molar-refractivity contribution in [2.24, 2.45) is 0 Å². The van der Waals surface area contributed by atoms with Crippen molar-refractivity contribution in [1.29, 1.82) is 0 Å². The molecule has 0 saturated heterocycles.